The van der Waals surface area contributed by atoms with Crippen LogP contribution in [0.1, 0.15) is 21.7 Å². The number of thiazole rings is 1. The first-order chi connectivity index (χ1) is 20.6. The molecule has 0 fully saturated rings. The molecule has 1 amide bonds. The first kappa shape index (κ1) is 28.6. The fraction of sp³-hybridized carbons (Fsp3) is 0.233. The highest BCUT2D eigenvalue weighted by atomic mass is 32.2. The zero-order chi connectivity index (χ0) is 30.5. The van der Waals surface area contributed by atoms with Gasteiger partial charge in [-0.05, 0) is 49.2 Å². The van der Waals surface area contributed by atoms with Crippen molar-refractivity contribution in [1.82, 2.24) is 15.3 Å². The summed E-state index contributed by atoms with van der Waals surface area (Å²) in [5, 5.41) is 7.15. The molecule has 13 heteroatoms. The van der Waals surface area contributed by atoms with Crippen LogP contribution in [0.3, 0.4) is 0 Å². The van der Waals surface area contributed by atoms with Crippen molar-refractivity contribution in [2.75, 3.05) is 43.6 Å². The summed E-state index contributed by atoms with van der Waals surface area (Å²) < 4.78 is 52.2. The monoisotopic (exact) mass is 621 g/mol. The summed E-state index contributed by atoms with van der Waals surface area (Å²) in [5.74, 6) is 0.610. The van der Waals surface area contributed by atoms with Crippen LogP contribution < -0.4 is 19.7 Å². The first-order valence-electron chi connectivity index (χ1n) is 13.4. The fourth-order valence-corrected chi connectivity index (χ4v) is 6.70. The van der Waals surface area contributed by atoms with Crippen molar-refractivity contribution >= 4 is 49.7 Å². The van der Waals surface area contributed by atoms with Gasteiger partial charge in [-0.25, -0.2) is 22.8 Å². The SMILES string of the molecule is CNC(=O)c1c(-c2ccc(F)cc2)oc2cc(N(C)S(C)(=O)=O)c(-c3cnc(OC)c(-c4nc5c(s4)CCCN5)c3)cc12. The zero-order valence-electron chi connectivity index (χ0n) is 23.8. The van der Waals surface area contributed by atoms with Crippen molar-refractivity contribution in [3.05, 3.63) is 64.9 Å². The molecule has 0 atom stereocenters. The number of aromatic nitrogens is 2. The number of halogens is 1. The van der Waals surface area contributed by atoms with Crippen molar-refractivity contribution < 1.29 is 26.8 Å². The van der Waals surface area contributed by atoms with Gasteiger partial charge in [0, 0.05) is 59.9 Å². The molecule has 222 valence electrons. The largest absolute Gasteiger partial charge is 0.480 e. The molecule has 0 radical (unpaired) electrons. The van der Waals surface area contributed by atoms with Crippen LogP contribution in [0.4, 0.5) is 15.9 Å². The summed E-state index contributed by atoms with van der Waals surface area (Å²) in [6.07, 6.45) is 4.64. The standard InChI is InChI=1S/C30H28FN5O5S2/c1-32-28(37)25-20-13-19(17-12-21(29(40-3)34-15-17)30-35-27-24(42-30)6-5-11-33-27)22(36(2)43(4,38)39)14-23(20)41-26(25)16-7-9-18(31)10-8-16/h7-10,12-15,33H,5-6,11H2,1-4H3,(H,32,37). The highest BCUT2D eigenvalue weighted by Crippen LogP contribution is 2.44. The third kappa shape index (κ3) is 5.19. The number of nitrogens with one attached hydrogen (secondary N) is 2. The molecule has 2 aromatic carbocycles. The Morgan fingerprint density at radius 3 is 2.60 bits per heavy atom. The molecular formula is C30H28FN5O5S2. The predicted octanol–water partition coefficient (Wildman–Crippen LogP) is 5.55. The minimum absolute atomic E-state index is 0.230. The number of rotatable bonds is 7. The van der Waals surface area contributed by atoms with Crippen molar-refractivity contribution in [2.45, 2.75) is 12.8 Å². The van der Waals surface area contributed by atoms with E-state index in [1.807, 2.05) is 6.07 Å². The molecule has 1 aliphatic rings. The lowest BCUT2D eigenvalue weighted by Crippen LogP contribution is -2.25. The van der Waals surface area contributed by atoms with Gasteiger partial charge < -0.3 is 19.8 Å². The third-order valence-electron chi connectivity index (χ3n) is 7.36. The van der Waals surface area contributed by atoms with Crippen molar-refractivity contribution in [1.29, 1.82) is 0 Å². The molecule has 1 aliphatic heterocycles. The number of aryl methyl sites for hydroxylation is 1. The molecule has 0 unspecified atom stereocenters. The highest BCUT2D eigenvalue weighted by molar-refractivity contribution is 7.92. The van der Waals surface area contributed by atoms with Gasteiger partial charge in [0.2, 0.25) is 15.9 Å². The quantitative estimate of drug-likeness (QED) is 0.242. The number of anilines is 2. The smallest absolute Gasteiger partial charge is 0.255 e. The summed E-state index contributed by atoms with van der Waals surface area (Å²) in [6, 6.07) is 10.8. The third-order valence-corrected chi connectivity index (χ3v) is 9.70. The van der Waals surface area contributed by atoms with Crippen LogP contribution in [0.15, 0.2) is 53.1 Å². The van der Waals surface area contributed by atoms with E-state index in [-0.39, 0.29) is 16.9 Å². The van der Waals surface area contributed by atoms with Crippen LogP contribution in [0.2, 0.25) is 0 Å². The van der Waals surface area contributed by atoms with Crippen LogP contribution in [0, 0.1) is 5.82 Å². The average molecular weight is 622 g/mol. The molecule has 43 heavy (non-hydrogen) atoms. The number of hydrogen-bond donors (Lipinski definition) is 2. The number of carbonyl (C=O) groups is 1. The van der Waals surface area contributed by atoms with E-state index in [0.29, 0.717) is 39.2 Å². The second-order valence-corrected chi connectivity index (χ2v) is 13.2. The number of benzene rings is 2. The number of pyridine rings is 1. The molecule has 10 nitrogen and oxygen atoms in total. The molecule has 0 saturated heterocycles. The Kier molecular flexibility index (Phi) is 7.30. The number of nitrogens with zero attached hydrogens (tertiary/aromatic N) is 3. The Balaban J connectivity index is 1.61. The van der Waals surface area contributed by atoms with Gasteiger partial charge in [-0.15, -0.1) is 11.3 Å². The molecular weight excluding hydrogens is 593 g/mol. The molecule has 0 saturated carbocycles. The van der Waals surface area contributed by atoms with E-state index in [1.165, 1.54) is 45.5 Å². The van der Waals surface area contributed by atoms with E-state index in [2.05, 4.69) is 15.6 Å². The normalized spacial score (nSPS) is 13.0. The second-order valence-electron chi connectivity index (χ2n) is 10.1. The molecule has 2 N–H and O–H groups in total. The number of carbonyl (C=O) groups excluding carboxylic acids is 1. The summed E-state index contributed by atoms with van der Waals surface area (Å²) in [6.45, 7) is 0.852. The van der Waals surface area contributed by atoms with E-state index in [9.17, 15) is 17.6 Å². The second kappa shape index (κ2) is 11.0. The topological polar surface area (TPSA) is 127 Å². The highest BCUT2D eigenvalue weighted by Gasteiger charge is 2.27. The molecule has 0 spiro atoms. The Morgan fingerprint density at radius 2 is 1.93 bits per heavy atom. The lowest BCUT2D eigenvalue weighted by molar-refractivity contribution is 0.0964. The number of fused-ring (bicyclic) bond motifs is 2. The molecule has 0 bridgehead atoms. The van der Waals surface area contributed by atoms with Crippen LogP contribution >= 0.6 is 11.3 Å². The minimum atomic E-state index is -3.71. The van der Waals surface area contributed by atoms with Crippen molar-refractivity contribution in [3.63, 3.8) is 0 Å². The molecule has 3 aromatic heterocycles. The van der Waals surface area contributed by atoms with E-state index < -0.39 is 21.7 Å². The number of ether oxygens (including phenoxy) is 1. The predicted molar refractivity (Wildman–Crippen MR) is 166 cm³/mol. The first-order valence-corrected chi connectivity index (χ1v) is 16.1. The Bertz CT molecular complexity index is 1960. The number of hydrogen-bond acceptors (Lipinski definition) is 9. The van der Waals surface area contributed by atoms with Crippen LogP contribution in [0.5, 0.6) is 5.88 Å². The molecule has 6 rings (SSSR count). The number of methoxy groups -OCH3 is 1. The Labute approximate surface area is 251 Å². The summed E-state index contributed by atoms with van der Waals surface area (Å²) in [4.78, 5) is 23.7. The van der Waals surface area contributed by atoms with Gasteiger partial charge in [0.25, 0.3) is 5.91 Å². The molecule has 4 heterocycles. The number of amides is 1. The van der Waals surface area contributed by atoms with E-state index in [1.54, 1.807) is 29.7 Å². The summed E-state index contributed by atoms with van der Waals surface area (Å²) in [5.41, 5.74) is 3.05. The van der Waals surface area contributed by atoms with E-state index in [4.69, 9.17) is 14.1 Å². The fourth-order valence-electron chi connectivity index (χ4n) is 5.10. The lowest BCUT2D eigenvalue weighted by Gasteiger charge is -2.21. The van der Waals surface area contributed by atoms with Gasteiger partial charge in [-0.3, -0.25) is 9.10 Å². The molecule has 0 aliphatic carbocycles. The maximum atomic E-state index is 13.7. The summed E-state index contributed by atoms with van der Waals surface area (Å²) >= 11 is 1.56. The van der Waals surface area contributed by atoms with Crippen LogP contribution in [0.25, 0.3) is 44.0 Å². The average Bonchev–Trinajstić information content (AvgIpc) is 3.61. The van der Waals surface area contributed by atoms with Crippen LogP contribution in [-0.4, -0.2) is 58.3 Å². The summed E-state index contributed by atoms with van der Waals surface area (Å²) in [7, 11) is 0.776. The van der Waals surface area contributed by atoms with Gasteiger partial charge in [-0.2, -0.15) is 0 Å². The van der Waals surface area contributed by atoms with Crippen LogP contribution in [-0.2, 0) is 16.4 Å². The zero-order valence-corrected chi connectivity index (χ0v) is 25.5. The van der Waals surface area contributed by atoms with Gasteiger partial charge in [0.1, 0.15) is 28.0 Å². The van der Waals surface area contributed by atoms with Crippen molar-refractivity contribution in [3.8, 4) is 38.9 Å². The van der Waals surface area contributed by atoms with E-state index >= 15 is 0 Å². The van der Waals surface area contributed by atoms with Gasteiger partial charge in [0.15, 0.2) is 0 Å². The van der Waals surface area contributed by atoms with E-state index in [0.717, 1.165) is 45.7 Å². The lowest BCUT2D eigenvalue weighted by atomic mass is 9.98. The Morgan fingerprint density at radius 1 is 1.16 bits per heavy atom. The number of sulfonamides is 1. The number of furan rings is 1. The maximum absolute atomic E-state index is 13.7. The minimum Gasteiger partial charge on any atom is -0.480 e. The van der Waals surface area contributed by atoms with Gasteiger partial charge in [-0.1, -0.05) is 0 Å². The Hall–Kier alpha value is -4.49. The maximum Gasteiger partial charge on any atom is 0.255 e. The van der Waals surface area contributed by atoms with Crippen molar-refractivity contribution in [2.24, 2.45) is 0 Å². The van der Waals surface area contributed by atoms with Gasteiger partial charge >= 0.3 is 0 Å². The molecule has 5 aromatic rings. The van der Waals surface area contributed by atoms with Gasteiger partial charge in [0.05, 0.1) is 30.2 Å².